The molecular weight excluding hydrogens is 389 g/mol. The summed E-state index contributed by atoms with van der Waals surface area (Å²) in [6.45, 7) is 2.26. The summed E-state index contributed by atoms with van der Waals surface area (Å²) in [5, 5.41) is 1.05. The Morgan fingerprint density at radius 1 is 1.26 bits per heavy atom. The van der Waals surface area contributed by atoms with E-state index >= 15 is 0 Å². The van der Waals surface area contributed by atoms with Crippen LogP contribution in [0.5, 0.6) is 0 Å². The Labute approximate surface area is 136 Å². The average molecular weight is 407 g/mol. The van der Waals surface area contributed by atoms with Crippen LogP contribution in [0.3, 0.4) is 0 Å². The lowest BCUT2D eigenvalue weighted by molar-refractivity contribution is 0.740. The van der Waals surface area contributed by atoms with Crippen molar-refractivity contribution in [1.29, 1.82) is 0 Å². The largest absolute Gasteiger partial charge is 0.383 e. The third-order valence-corrected chi connectivity index (χ3v) is 7.94. The van der Waals surface area contributed by atoms with E-state index in [0.29, 0.717) is 22.2 Å². The molecule has 1 aliphatic carbocycles. The van der Waals surface area contributed by atoms with Crippen molar-refractivity contribution in [2.24, 2.45) is 0 Å². The monoisotopic (exact) mass is 407 g/mol. The molecule has 1 aromatic rings. The maximum Gasteiger partial charge on any atom is 0.145 e. The van der Waals surface area contributed by atoms with Gasteiger partial charge in [0, 0.05) is 22.7 Å². The first kappa shape index (κ1) is 14.3. The quantitative estimate of drug-likeness (QED) is 0.772. The summed E-state index contributed by atoms with van der Waals surface area (Å²) < 4.78 is 1.07. The first-order chi connectivity index (χ1) is 9.20. The van der Waals surface area contributed by atoms with Crippen LogP contribution in [0, 0.1) is 3.57 Å². The van der Waals surface area contributed by atoms with Crippen molar-refractivity contribution in [2.75, 3.05) is 17.2 Å². The SMILES string of the molecule is CCC1SCCSC1c1nc(N)c(I)c(C2CC2)n1. The Bertz CT molecular complexity index is 479. The number of anilines is 1. The second kappa shape index (κ2) is 5.97. The molecule has 2 unspecified atom stereocenters. The van der Waals surface area contributed by atoms with Crippen LogP contribution in [0.1, 0.15) is 48.9 Å². The molecule has 19 heavy (non-hydrogen) atoms. The lowest BCUT2D eigenvalue weighted by Gasteiger charge is -2.29. The molecule has 2 fully saturated rings. The van der Waals surface area contributed by atoms with E-state index in [1.165, 1.54) is 36.5 Å². The fourth-order valence-corrected chi connectivity index (χ4v) is 6.07. The minimum absolute atomic E-state index is 0.417. The minimum Gasteiger partial charge on any atom is -0.383 e. The highest BCUT2D eigenvalue weighted by Gasteiger charge is 2.33. The van der Waals surface area contributed by atoms with E-state index in [1.54, 1.807) is 0 Å². The van der Waals surface area contributed by atoms with Gasteiger partial charge in [0.05, 0.1) is 14.5 Å². The molecular formula is C13H18IN3S2. The fraction of sp³-hybridized carbons (Fsp3) is 0.692. The molecule has 1 aliphatic heterocycles. The van der Waals surface area contributed by atoms with Crippen LogP contribution in [0.4, 0.5) is 5.82 Å². The second-order valence-corrected chi connectivity index (χ2v) is 8.72. The van der Waals surface area contributed by atoms with Crippen molar-refractivity contribution in [2.45, 2.75) is 42.6 Å². The average Bonchev–Trinajstić information content (AvgIpc) is 3.26. The standard InChI is InChI=1S/C13H18IN3S2/c1-2-8-11(19-6-5-18-8)13-16-10(7-3-4-7)9(14)12(15)17-13/h7-8,11H,2-6H2,1H3,(H2,15,16,17). The second-order valence-electron chi connectivity index (χ2n) is 5.05. The summed E-state index contributed by atoms with van der Waals surface area (Å²) in [5.41, 5.74) is 7.31. The van der Waals surface area contributed by atoms with Crippen LogP contribution in [-0.4, -0.2) is 26.7 Å². The van der Waals surface area contributed by atoms with Crippen molar-refractivity contribution in [1.82, 2.24) is 9.97 Å². The van der Waals surface area contributed by atoms with Gasteiger partial charge in [0.2, 0.25) is 0 Å². The Kier molecular flexibility index (Phi) is 4.48. The number of nitrogens with two attached hydrogens (primary N) is 1. The molecule has 0 bridgehead atoms. The van der Waals surface area contributed by atoms with E-state index in [4.69, 9.17) is 10.7 Å². The topological polar surface area (TPSA) is 51.8 Å². The van der Waals surface area contributed by atoms with Crippen molar-refractivity contribution in [3.05, 3.63) is 15.1 Å². The van der Waals surface area contributed by atoms with Crippen LogP contribution in [0.25, 0.3) is 0 Å². The molecule has 104 valence electrons. The zero-order valence-corrected chi connectivity index (χ0v) is 14.7. The van der Waals surface area contributed by atoms with E-state index in [2.05, 4.69) is 46.3 Å². The highest BCUT2D eigenvalue weighted by molar-refractivity contribution is 14.1. The molecule has 2 atom stereocenters. The Morgan fingerprint density at radius 2 is 2.00 bits per heavy atom. The summed E-state index contributed by atoms with van der Waals surface area (Å²) >= 11 is 6.36. The molecule has 0 amide bonds. The number of aromatic nitrogens is 2. The van der Waals surface area contributed by atoms with Crippen LogP contribution in [0.15, 0.2) is 0 Å². The van der Waals surface area contributed by atoms with Crippen molar-refractivity contribution in [3.63, 3.8) is 0 Å². The summed E-state index contributed by atoms with van der Waals surface area (Å²) in [4.78, 5) is 9.47. The zero-order valence-electron chi connectivity index (χ0n) is 10.9. The van der Waals surface area contributed by atoms with Gasteiger partial charge < -0.3 is 5.73 Å². The van der Waals surface area contributed by atoms with Crippen molar-refractivity contribution < 1.29 is 0 Å². The minimum atomic E-state index is 0.417. The Morgan fingerprint density at radius 3 is 2.68 bits per heavy atom. The van der Waals surface area contributed by atoms with E-state index < -0.39 is 0 Å². The molecule has 3 rings (SSSR count). The van der Waals surface area contributed by atoms with Gasteiger partial charge in [-0.05, 0) is 41.9 Å². The number of thioether (sulfide) groups is 2. The summed E-state index contributed by atoms with van der Waals surface area (Å²) in [7, 11) is 0. The number of hydrogen-bond acceptors (Lipinski definition) is 5. The first-order valence-corrected chi connectivity index (χ1v) is 9.94. The molecule has 3 nitrogen and oxygen atoms in total. The third-order valence-electron chi connectivity index (χ3n) is 3.59. The van der Waals surface area contributed by atoms with Crippen LogP contribution >= 0.6 is 46.1 Å². The van der Waals surface area contributed by atoms with Crippen molar-refractivity contribution >= 4 is 51.9 Å². The summed E-state index contributed by atoms with van der Waals surface area (Å²) in [5.74, 6) is 4.73. The summed E-state index contributed by atoms with van der Waals surface area (Å²) in [6.07, 6.45) is 3.70. The van der Waals surface area contributed by atoms with Gasteiger partial charge in [-0.15, -0.1) is 11.8 Å². The number of halogens is 1. The molecule has 1 saturated carbocycles. The van der Waals surface area contributed by atoms with E-state index in [0.717, 1.165) is 9.39 Å². The molecule has 0 spiro atoms. The maximum atomic E-state index is 6.11. The zero-order chi connectivity index (χ0) is 13.4. The third kappa shape index (κ3) is 3.00. The number of nitrogens with zero attached hydrogens (tertiary/aromatic N) is 2. The lowest BCUT2D eigenvalue weighted by atomic mass is 10.2. The van der Waals surface area contributed by atoms with Gasteiger partial charge in [0.25, 0.3) is 0 Å². The molecule has 6 heteroatoms. The smallest absolute Gasteiger partial charge is 0.145 e. The number of rotatable bonds is 3. The predicted molar refractivity (Wildman–Crippen MR) is 92.9 cm³/mol. The normalized spacial score (nSPS) is 27.5. The molecule has 2 heterocycles. The molecule has 0 aromatic carbocycles. The molecule has 1 saturated heterocycles. The molecule has 2 aliphatic rings. The van der Waals surface area contributed by atoms with E-state index in [-0.39, 0.29) is 0 Å². The first-order valence-electron chi connectivity index (χ1n) is 6.76. The van der Waals surface area contributed by atoms with Crippen LogP contribution < -0.4 is 5.73 Å². The lowest BCUT2D eigenvalue weighted by Crippen LogP contribution is -2.21. The fourth-order valence-electron chi connectivity index (χ4n) is 2.40. The highest BCUT2D eigenvalue weighted by atomic mass is 127. The number of nitrogen functional groups attached to an aromatic ring is 1. The molecule has 2 N–H and O–H groups in total. The van der Waals surface area contributed by atoms with Crippen LogP contribution in [-0.2, 0) is 0 Å². The molecule has 0 radical (unpaired) electrons. The van der Waals surface area contributed by atoms with E-state index in [1.807, 2.05) is 11.8 Å². The van der Waals surface area contributed by atoms with Gasteiger partial charge >= 0.3 is 0 Å². The van der Waals surface area contributed by atoms with Gasteiger partial charge in [-0.2, -0.15) is 11.8 Å². The number of hydrogen-bond donors (Lipinski definition) is 1. The predicted octanol–water partition coefficient (Wildman–Crippen LogP) is 3.84. The molecule has 1 aromatic heterocycles. The maximum absolute atomic E-state index is 6.11. The Balaban J connectivity index is 1.94. The summed E-state index contributed by atoms with van der Waals surface area (Å²) in [6, 6.07) is 0. The highest BCUT2D eigenvalue weighted by Crippen LogP contribution is 2.46. The van der Waals surface area contributed by atoms with Gasteiger partial charge in [-0.1, -0.05) is 6.92 Å². The Hall–Kier alpha value is 0.310. The van der Waals surface area contributed by atoms with Crippen LogP contribution in [0.2, 0.25) is 0 Å². The van der Waals surface area contributed by atoms with E-state index in [9.17, 15) is 0 Å². The van der Waals surface area contributed by atoms with Gasteiger partial charge in [0.1, 0.15) is 11.6 Å². The van der Waals surface area contributed by atoms with Crippen molar-refractivity contribution in [3.8, 4) is 0 Å². The van der Waals surface area contributed by atoms with Gasteiger partial charge in [0.15, 0.2) is 0 Å². The van der Waals surface area contributed by atoms with Gasteiger partial charge in [-0.25, -0.2) is 9.97 Å². The van der Waals surface area contributed by atoms with Gasteiger partial charge in [-0.3, -0.25) is 0 Å².